The third-order valence-corrected chi connectivity index (χ3v) is 5.32. The summed E-state index contributed by atoms with van der Waals surface area (Å²) in [7, 11) is 0. The molecule has 2 aromatic rings. The van der Waals surface area contributed by atoms with Crippen molar-refractivity contribution in [3.05, 3.63) is 71.8 Å². The van der Waals surface area contributed by atoms with Gasteiger partial charge in [0.2, 0.25) is 5.91 Å². The quantitative estimate of drug-likeness (QED) is 0.838. The summed E-state index contributed by atoms with van der Waals surface area (Å²) in [4.78, 5) is 24.7. The minimum absolute atomic E-state index is 0.0140. The molecule has 1 aliphatic rings. The summed E-state index contributed by atoms with van der Waals surface area (Å²) in [6, 6.07) is 18.8. The lowest BCUT2D eigenvalue weighted by molar-refractivity contribution is -0.122. The molecular formula is C22H26N2O2. The highest BCUT2D eigenvalue weighted by molar-refractivity contribution is 5.97. The van der Waals surface area contributed by atoms with Gasteiger partial charge in [-0.05, 0) is 37.5 Å². The summed E-state index contributed by atoms with van der Waals surface area (Å²) >= 11 is 0. The maximum Gasteiger partial charge on any atom is 0.251 e. The number of hydrogen-bond acceptors (Lipinski definition) is 2. The van der Waals surface area contributed by atoms with Gasteiger partial charge >= 0.3 is 0 Å². The van der Waals surface area contributed by atoms with Gasteiger partial charge in [-0.25, -0.2) is 0 Å². The van der Waals surface area contributed by atoms with Crippen LogP contribution >= 0.6 is 0 Å². The van der Waals surface area contributed by atoms with Crippen LogP contribution in [0.15, 0.2) is 60.7 Å². The molecule has 2 aromatic carbocycles. The van der Waals surface area contributed by atoms with E-state index in [4.69, 9.17) is 0 Å². The minimum atomic E-state index is -0.572. The van der Waals surface area contributed by atoms with E-state index in [9.17, 15) is 9.59 Å². The lowest BCUT2D eigenvalue weighted by Gasteiger charge is -2.30. The maximum atomic E-state index is 12.5. The zero-order chi connectivity index (χ0) is 18.4. The normalized spacial score (nSPS) is 16.7. The van der Waals surface area contributed by atoms with Crippen molar-refractivity contribution in [2.75, 3.05) is 6.54 Å². The van der Waals surface area contributed by atoms with Gasteiger partial charge in [0.25, 0.3) is 5.91 Å². The van der Waals surface area contributed by atoms with Gasteiger partial charge in [0.05, 0.1) is 0 Å². The van der Waals surface area contributed by atoms with E-state index >= 15 is 0 Å². The molecule has 136 valence electrons. The SMILES string of the molecule is C[C@@H](NC(=O)c1ccccc1)C(=O)NCC1(c2ccccc2)CCCC1. The first-order chi connectivity index (χ1) is 12.6. The fourth-order valence-electron chi connectivity index (χ4n) is 3.76. The standard InChI is InChI=1S/C22H26N2O2/c1-17(24-21(26)18-10-4-2-5-11-18)20(25)23-16-22(14-8-9-15-22)19-12-6-3-7-13-19/h2-7,10-13,17H,8-9,14-16H2,1H3,(H,23,25)(H,24,26)/t17-/m1/s1. The second kappa shape index (κ2) is 8.17. The van der Waals surface area contributed by atoms with Gasteiger partial charge in [-0.15, -0.1) is 0 Å². The van der Waals surface area contributed by atoms with Crippen LogP contribution in [0.5, 0.6) is 0 Å². The Kier molecular flexibility index (Phi) is 5.71. The van der Waals surface area contributed by atoms with Crippen LogP contribution in [-0.2, 0) is 10.2 Å². The van der Waals surface area contributed by atoms with Crippen LogP contribution in [-0.4, -0.2) is 24.4 Å². The van der Waals surface area contributed by atoms with Crippen molar-refractivity contribution < 1.29 is 9.59 Å². The molecule has 26 heavy (non-hydrogen) atoms. The number of nitrogens with one attached hydrogen (secondary N) is 2. The monoisotopic (exact) mass is 350 g/mol. The molecule has 1 saturated carbocycles. The Morgan fingerprint density at radius 2 is 1.54 bits per heavy atom. The second-order valence-corrected chi connectivity index (χ2v) is 7.13. The Hall–Kier alpha value is -2.62. The van der Waals surface area contributed by atoms with E-state index < -0.39 is 6.04 Å². The Morgan fingerprint density at radius 1 is 0.962 bits per heavy atom. The van der Waals surface area contributed by atoms with Crippen LogP contribution < -0.4 is 10.6 Å². The summed E-state index contributed by atoms with van der Waals surface area (Å²) in [5.41, 5.74) is 1.86. The Labute approximate surface area is 155 Å². The molecule has 4 nitrogen and oxygen atoms in total. The van der Waals surface area contributed by atoms with Gasteiger partial charge in [-0.3, -0.25) is 9.59 Å². The van der Waals surface area contributed by atoms with E-state index in [2.05, 4.69) is 34.9 Å². The van der Waals surface area contributed by atoms with Crippen molar-refractivity contribution in [2.24, 2.45) is 0 Å². The highest BCUT2D eigenvalue weighted by Gasteiger charge is 2.36. The highest BCUT2D eigenvalue weighted by atomic mass is 16.2. The fraction of sp³-hybridized carbons (Fsp3) is 0.364. The average molecular weight is 350 g/mol. The van der Waals surface area contributed by atoms with Gasteiger partial charge in [0, 0.05) is 17.5 Å². The number of rotatable bonds is 6. The summed E-state index contributed by atoms with van der Waals surface area (Å²) < 4.78 is 0. The average Bonchev–Trinajstić information content (AvgIpc) is 3.17. The van der Waals surface area contributed by atoms with Crippen LogP contribution in [0.2, 0.25) is 0 Å². The molecule has 2 amide bonds. The van der Waals surface area contributed by atoms with E-state index in [1.807, 2.05) is 24.3 Å². The molecule has 1 fully saturated rings. The van der Waals surface area contributed by atoms with Gasteiger partial charge in [0.15, 0.2) is 0 Å². The molecule has 1 aliphatic carbocycles. The predicted molar refractivity (Wildman–Crippen MR) is 103 cm³/mol. The number of benzene rings is 2. The molecule has 2 N–H and O–H groups in total. The van der Waals surface area contributed by atoms with E-state index in [-0.39, 0.29) is 17.2 Å². The molecule has 0 radical (unpaired) electrons. The fourth-order valence-corrected chi connectivity index (χ4v) is 3.76. The van der Waals surface area contributed by atoms with Crippen LogP contribution in [0.25, 0.3) is 0 Å². The Bertz CT molecular complexity index is 737. The summed E-state index contributed by atoms with van der Waals surface area (Å²) in [6.07, 6.45) is 4.54. The van der Waals surface area contributed by atoms with E-state index in [0.717, 1.165) is 12.8 Å². The lowest BCUT2D eigenvalue weighted by atomic mass is 9.79. The van der Waals surface area contributed by atoms with E-state index in [0.29, 0.717) is 12.1 Å². The molecule has 4 heteroatoms. The molecule has 0 bridgehead atoms. The number of amides is 2. The molecule has 3 rings (SSSR count). The molecule has 0 heterocycles. The summed E-state index contributed by atoms with van der Waals surface area (Å²) in [6.45, 7) is 2.33. The highest BCUT2D eigenvalue weighted by Crippen LogP contribution is 2.40. The molecule has 0 unspecified atom stereocenters. The molecule has 1 atom stereocenters. The topological polar surface area (TPSA) is 58.2 Å². The van der Waals surface area contributed by atoms with Crippen molar-refractivity contribution in [1.82, 2.24) is 10.6 Å². The van der Waals surface area contributed by atoms with E-state index in [1.54, 1.807) is 19.1 Å². The molecule has 0 aromatic heterocycles. The molecule has 0 spiro atoms. The number of carbonyl (C=O) groups is 2. The first-order valence-corrected chi connectivity index (χ1v) is 9.30. The molecular weight excluding hydrogens is 324 g/mol. The zero-order valence-electron chi connectivity index (χ0n) is 15.2. The summed E-state index contributed by atoms with van der Waals surface area (Å²) in [5, 5.41) is 5.84. The Balaban J connectivity index is 1.59. The van der Waals surface area contributed by atoms with Crippen LogP contribution in [0.3, 0.4) is 0 Å². The van der Waals surface area contributed by atoms with Gasteiger partial charge in [-0.1, -0.05) is 61.4 Å². The first-order valence-electron chi connectivity index (χ1n) is 9.30. The van der Waals surface area contributed by atoms with Crippen molar-refractivity contribution in [1.29, 1.82) is 0 Å². The van der Waals surface area contributed by atoms with Gasteiger partial charge in [-0.2, -0.15) is 0 Å². The second-order valence-electron chi connectivity index (χ2n) is 7.13. The van der Waals surface area contributed by atoms with Crippen LogP contribution in [0.1, 0.15) is 48.5 Å². The Morgan fingerprint density at radius 3 is 2.15 bits per heavy atom. The maximum absolute atomic E-state index is 12.5. The van der Waals surface area contributed by atoms with Crippen molar-refractivity contribution in [2.45, 2.75) is 44.1 Å². The number of carbonyl (C=O) groups excluding carboxylic acids is 2. The lowest BCUT2D eigenvalue weighted by Crippen LogP contribution is -2.48. The van der Waals surface area contributed by atoms with E-state index in [1.165, 1.54) is 18.4 Å². The van der Waals surface area contributed by atoms with Crippen LogP contribution in [0, 0.1) is 0 Å². The third-order valence-electron chi connectivity index (χ3n) is 5.32. The summed E-state index contributed by atoms with van der Waals surface area (Å²) in [5.74, 6) is -0.372. The first kappa shape index (κ1) is 18.2. The van der Waals surface area contributed by atoms with Crippen LogP contribution in [0.4, 0.5) is 0 Å². The predicted octanol–water partition coefficient (Wildman–Crippen LogP) is 3.43. The minimum Gasteiger partial charge on any atom is -0.353 e. The van der Waals surface area contributed by atoms with Crippen molar-refractivity contribution in [3.8, 4) is 0 Å². The largest absolute Gasteiger partial charge is 0.353 e. The third kappa shape index (κ3) is 4.13. The van der Waals surface area contributed by atoms with Gasteiger partial charge in [0.1, 0.15) is 6.04 Å². The zero-order valence-corrected chi connectivity index (χ0v) is 15.2. The van der Waals surface area contributed by atoms with Gasteiger partial charge < -0.3 is 10.6 Å². The van der Waals surface area contributed by atoms with Crippen molar-refractivity contribution >= 4 is 11.8 Å². The number of hydrogen-bond donors (Lipinski definition) is 2. The van der Waals surface area contributed by atoms with Crippen molar-refractivity contribution in [3.63, 3.8) is 0 Å². The molecule has 0 aliphatic heterocycles. The smallest absolute Gasteiger partial charge is 0.251 e. The molecule has 0 saturated heterocycles.